The summed E-state index contributed by atoms with van der Waals surface area (Å²) in [6.45, 7) is 0.959. The first-order chi connectivity index (χ1) is 17.0. The summed E-state index contributed by atoms with van der Waals surface area (Å²) in [4.78, 5) is 23.6. The van der Waals surface area contributed by atoms with Crippen molar-refractivity contribution in [3.05, 3.63) is 80.6 Å². The molecule has 0 saturated carbocycles. The van der Waals surface area contributed by atoms with Gasteiger partial charge in [0.05, 0.1) is 21.6 Å². The first-order valence-corrected chi connectivity index (χ1v) is 12.1. The molecule has 1 aromatic rings. The second kappa shape index (κ2) is 14.2. The lowest BCUT2D eigenvalue weighted by Crippen LogP contribution is -2.41. The number of benzene rings is 1. The first-order valence-electron chi connectivity index (χ1n) is 9.79. The third-order valence-electron chi connectivity index (χ3n) is 4.32. The van der Waals surface area contributed by atoms with Crippen LogP contribution in [0.5, 0.6) is 0 Å². The molecule has 0 heterocycles. The number of amides is 2. The number of carbonyl (C=O) groups is 2. The lowest BCUT2D eigenvalue weighted by atomic mass is 9.96. The monoisotopic (exact) mass is 658 g/mol. The number of allylic oxidation sites excluding steroid dienone is 6. The molecule has 1 atom stereocenters. The lowest BCUT2D eigenvalue weighted by Gasteiger charge is -2.19. The van der Waals surface area contributed by atoms with Gasteiger partial charge in [0.15, 0.2) is 0 Å². The maximum atomic E-state index is 14.8. The summed E-state index contributed by atoms with van der Waals surface area (Å²) in [5.41, 5.74) is -1.04. The van der Waals surface area contributed by atoms with Crippen molar-refractivity contribution in [3.63, 3.8) is 0 Å². The van der Waals surface area contributed by atoms with Crippen molar-refractivity contribution in [2.45, 2.75) is 18.3 Å². The van der Waals surface area contributed by atoms with Crippen LogP contribution in [0, 0.1) is 0 Å². The zero-order valence-electron chi connectivity index (χ0n) is 18.3. The number of halogens is 11. The molecule has 0 radical (unpaired) electrons. The Morgan fingerprint density at radius 1 is 1.03 bits per heavy atom. The van der Waals surface area contributed by atoms with E-state index >= 15 is 0 Å². The summed E-state index contributed by atoms with van der Waals surface area (Å²) in [6, 6.07) is 1.79. The van der Waals surface area contributed by atoms with Crippen LogP contribution in [0.4, 0.5) is 30.7 Å². The Labute approximate surface area is 230 Å². The topological polar surface area (TPSA) is 58.2 Å². The number of alkyl halides is 7. The highest BCUT2D eigenvalue weighted by Crippen LogP contribution is 2.41. The molecule has 15 heteroatoms. The molecule has 0 aliphatic rings. The minimum absolute atomic E-state index is 0.126. The van der Waals surface area contributed by atoms with E-state index < -0.39 is 60.1 Å². The molecular formula is C22H17BrCl3F7N2O2. The summed E-state index contributed by atoms with van der Waals surface area (Å²) in [6.07, 6.45) is -6.45. The van der Waals surface area contributed by atoms with Gasteiger partial charge in [-0.15, -0.1) is 0 Å². The van der Waals surface area contributed by atoms with Crippen molar-refractivity contribution in [1.29, 1.82) is 0 Å². The molecule has 1 rings (SSSR count). The largest absolute Gasteiger partial charge is 0.405 e. The molecule has 0 aliphatic heterocycles. The van der Waals surface area contributed by atoms with Crippen molar-refractivity contribution in [2.24, 2.45) is 0 Å². The van der Waals surface area contributed by atoms with E-state index in [2.05, 4.69) is 27.8 Å². The first kappa shape index (κ1) is 33.0. The SMILES string of the molecule is C=CC(=C\C=C(/CBr)C(=O)NCC(=O)NCC(F)(F)F)/C(F)=C/C(c1cc(Cl)c(Cl)c(Cl)c1)C(F)(F)F. The van der Waals surface area contributed by atoms with E-state index in [9.17, 15) is 40.3 Å². The summed E-state index contributed by atoms with van der Waals surface area (Å²) in [5.74, 6) is -5.84. The molecule has 1 aromatic carbocycles. The van der Waals surface area contributed by atoms with Crippen LogP contribution >= 0.6 is 50.7 Å². The van der Waals surface area contributed by atoms with Crippen LogP contribution < -0.4 is 10.6 Å². The molecule has 0 saturated heterocycles. The van der Waals surface area contributed by atoms with Gasteiger partial charge in [-0.25, -0.2) is 4.39 Å². The number of hydrogen-bond donors (Lipinski definition) is 2. The van der Waals surface area contributed by atoms with Gasteiger partial charge in [0.25, 0.3) is 0 Å². The van der Waals surface area contributed by atoms with Crippen molar-refractivity contribution in [3.8, 4) is 0 Å². The van der Waals surface area contributed by atoms with Gasteiger partial charge in [0.1, 0.15) is 18.3 Å². The second-order valence-electron chi connectivity index (χ2n) is 7.06. The second-order valence-corrected chi connectivity index (χ2v) is 8.81. The summed E-state index contributed by atoms with van der Waals surface area (Å²) >= 11 is 20.3. The van der Waals surface area contributed by atoms with E-state index in [1.54, 1.807) is 5.32 Å². The van der Waals surface area contributed by atoms with E-state index in [-0.39, 0.29) is 32.0 Å². The lowest BCUT2D eigenvalue weighted by molar-refractivity contribution is -0.139. The summed E-state index contributed by atoms with van der Waals surface area (Å²) in [7, 11) is 0. The Morgan fingerprint density at radius 3 is 2.05 bits per heavy atom. The van der Waals surface area contributed by atoms with Crippen molar-refractivity contribution in [1.82, 2.24) is 10.6 Å². The zero-order valence-corrected chi connectivity index (χ0v) is 22.2. The van der Waals surface area contributed by atoms with Gasteiger partial charge in [-0.1, -0.05) is 75.5 Å². The van der Waals surface area contributed by atoms with E-state index in [0.717, 1.165) is 30.4 Å². The molecule has 2 N–H and O–H groups in total. The van der Waals surface area contributed by atoms with Crippen LogP contribution in [0.1, 0.15) is 11.5 Å². The Bertz CT molecular complexity index is 1090. The number of nitrogens with one attached hydrogen (secondary N) is 2. The average Bonchev–Trinajstić information content (AvgIpc) is 2.79. The molecule has 0 aromatic heterocycles. The molecule has 37 heavy (non-hydrogen) atoms. The van der Waals surface area contributed by atoms with Crippen LogP contribution in [0.15, 0.2) is 60.0 Å². The molecule has 0 spiro atoms. The Kier molecular flexibility index (Phi) is 12.7. The molecule has 0 bridgehead atoms. The van der Waals surface area contributed by atoms with Gasteiger partial charge in [0.2, 0.25) is 11.8 Å². The highest BCUT2D eigenvalue weighted by atomic mass is 79.9. The van der Waals surface area contributed by atoms with E-state index in [4.69, 9.17) is 34.8 Å². The zero-order chi connectivity index (χ0) is 28.6. The normalized spacial score (nSPS) is 14.3. The highest BCUT2D eigenvalue weighted by Gasteiger charge is 2.40. The van der Waals surface area contributed by atoms with Crippen LogP contribution in [0.3, 0.4) is 0 Å². The smallest absolute Gasteiger partial charge is 0.345 e. The average molecular weight is 661 g/mol. The fourth-order valence-corrected chi connectivity index (χ4v) is 3.58. The summed E-state index contributed by atoms with van der Waals surface area (Å²) < 4.78 is 92.3. The maximum absolute atomic E-state index is 14.8. The molecule has 204 valence electrons. The van der Waals surface area contributed by atoms with Crippen LogP contribution in [-0.4, -0.2) is 42.6 Å². The van der Waals surface area contributed by atoms with E-state index in [1.807, 2.05) is 0 Å². The van der Waals surface area contributed by atoms with Gasteiger partial charge in [-0.3, -0.25) is 9.59 Å². The van der Waals surface area contributed by atoms with Gasteiger partial charge in [-0.2, -0.15) is 26.3 Å². The van der Waals surface area contributed by atoms with Crippen LogP contribution in [0.2, 0.25) is 15.1 Å². The quantitative estimate of drug-likeness (QED) is 0.0906. The van der Waals surface area contributed by atoms with Gasteiger partial charge < -0.3 is 10.6 Å². The highest BCUT2D eigenvalue weighted by molar-refractivity contribution is 9.09. The molecular weight excluding hydrogens is 644 g/mol. The predicted octanol–water partition coefficient (Wildman–Crippen LogP) is 7.37. The van der Waals surface area contributed by atoms with Crippen LogP contribution in [0.25, 0.3) is 0 Å². The van der Waals surface area contributed by atoms with Crippen molar-refractivity contribution >= 4 is 62.5 Å². The van der Waals surface area contributed by atoms with Gasteiger partial charge in [0, 0.05) is 16.5 Å². The molecule has 1 unspecified atom stereocenters. The van der Waals surface area contributed by atoms with Crippen LogP contribution in [-0.2, 0) is 9.59 Å². The fourth-order valence-electron chi connectivity index (χ4n) is 2.53. The third kappa shape index (κ3) is 11.1. The van der Waals surface area contributed by atoms with Gasteiger partial charge >= 0.3 is 12.4 Å². The Hall–Kier alpha value is -2.02. The standard InChI is InChI=1S/C22H17BrCl3F7N2O2/c1-2-11(3-4-12(8-23)20(37)34-9-18(36)35-10-21(28,29)30)17(27)7-14(22(31,32)33)13-5-15(24)19(26)16(25)6-13/h2-7,14H,1,8-10H2,(H,34,37)(H,35,36)/b11-3+,12-4+,17-7-. The third-order valence-corrected chi connectivity index (χ3v) is 6.12. The Balaban J connectivity index is 3.16. The van der Waals surface area contributed by atoms with Crippen molar-refractivity contribution < 1.29 is 40.3 Å². The predicted molar refractivity (Wildman–Crippen MR) is 132 cm³/mol. The molecule has 2 amide bonds. The van der Waals surface area contributed by atoms with E-state index in [1.165, 1.54) is 0 Å². The molecule has 0 fully saturated rings. The maximum Gasteiger partial charge on any atom is 0.405 e. The summed E-state index contributed by atoms with van der Waals surface area (Å²) in [5, 5.41) is 2.76. The van der Waals surface area contributed by atoms with Crippen molar-refractivity contribution in [2.75, 3.05) is 18.4 Å². The minimum Gasteiger partial charge on any atom is -0.345 e. The number of hydrogen-bond acceptors (Lipinski definition) is 2. The van der Waals surface area contributed by atoms with Gasteiger partial charge in [-0.05, 0) is 23.8 Å². The van der Waals surface area contributed by atoms with E-state index in [0.29, 0.717) is 0 Å². The molecule has 4 nitrogen and oxygen atoms in total. The molecule has 0 aliphatic carbocycles. The Morgan fingerprint density at radius 2 is 1.59 bits per heavy atom. The minimum atomic E-state index is -4.95. The number of rotatable bonds is 10. The fraction of sp³-hybridized carbons (Fsp3) is 0.273. The number of carbonyl (C=O) groups excluding carboxylic acids is 2.